The monoisotopic (exact) mass is 273 g/mol. The first-order valence-corrected chi connectivity index (χ1v) is 6.53. The van der Waals surface area contributed by atoms with Crippen molar-refractivity contribution in [3.05, 3.63) is 48.5 Å². The Labute approximate surface area is 119 Å². The molecule has 0 aliphatic heterocycles. The molecule has 2 rings (SSSR count). The van der Waals surface area contributed by atoms with E-state index in [1.165, 1.54) is 0 Å². The van der Waals surface area contributed by atoms with Gasteiger partial charge in [0.15, 0.2) is 0 Å². The third-order valence-electron chi connectivity index (χ3n) is 2.75. The Balaban J connectivity index is 1.67. The molecule has 0 unspecified atom stereocenters. The van der Waals surface area contributed by atoms with Gasteiger partial charge in [0.25, 0.3) is 0 Å². The second-order valence-electron chi connectivity index (χ2n) is 4.30. The first-order chi connectivity index (χ1) is 9.78. The van der Waals surface area contributed by atoms with Crippen molar-refractivity contribution in [3.8, 4) is 17.2 Å². The summed E-state index contributed by atoms with van der Waals surface area (Å²) in [6.45, 7) is 1.20. The average Bonchev–Trinajstić information content (AvgIpc) is 2.49. The first kappa shape index (κ1) is 14.1. The lowest BCUT2D eigenvalue weighted by Crippen LogP contribution is -2.05. The summed E-state index contributed by atoms with van der Waals surface area (Å²) in [7, 11) is 1.64. The Hall–Kier alpha value is -2.36. The zero-order valence-corrected chi connectivity index (χ0v) is 11.5. The predicted molar refractivity (Wildman–Crippen MR) is 79.5 cm³/mol. The van der Waals surface area contributed by atoms with Gasteiger partial charge in [0, 0.05) is 18.2 Å². The molecule has 0 atom stereocenters. The van der Waals surface area contributed by atoms with Crippen LogP contribution in [0.25, 0.3) is 0 Å². The Kier molecular flexibility index (Phi) is 5.12. The molecule has 20 heavy (non-hydrogen) atoms. The molecule has 4 heteroatoms. The number of benzene rings is 2. The van der Waals surface area contributed by atoms with Crippen LogP contribution >= 0.6 is 0 Å². The largest absolute Gasteiger partial charge is 0.497 e. The van der Waals surface area contributed by atoms with E-state index in [4.69, 9.17) is 19.9 Å². The molecule has 0 saturated heterocycles. The van der Waals surface area contributed by atoms with Gasteiger partial charge in [0.2, 0.25) is 0 Å². The molecule has 0 saturated carbocycles. The lowest BCUT2D eigenvalue weighted by atomic mass is 10.3. The SMILES string of the molecule is COc1cccc(OCCCOc2ccc(N)cc2)c1. The van der Waals surface area contributed by atoms with E-state index in [1.54, 1.807) is 7.11 Å². The minimum Gasteiger partial charge on any atom is -0.497 e. The number of nitrogen functional groups attached to an aromatic ring is 1. The van der Waals surface area contributed by atoms with Gasteiger partial charge in [-0.05, 0) is 36.4 Å². The second kappa shape index (κ2) is 7.28. The molecule has 0 aliphatic carbocycles. The maximum Gasteiger partial charge on any atom is 0.122 e. The molecule has 0 spiro atoms. The Bertz CT molecular complexity index is 526. The second-order valence-corrected chi connectivity index (χ2v) is 4.30. The average molecular weight is 273 g/mol. The van der Waals surface area contributed by atoms with Crippen molar-refractivity contribution in [1.29, 1.82) is 0 Å². The summed E-state index contributed by atoms with van der Waals surface area (Å²) in [5.41, 5.74) is 6.34. The zero-order chi connectivity index (χ0) is 14.2. The standard InChI is InChI=1S/C16H19NO3/c1-18-15-4-2-5-16(12-15)20-11-3-10-19-14-8-6-13(17)7-9-14/h2,4-9,12H,3,10-11,17H2,1H3. The lowest BCUT2D eigenvalue weighted by Gasteiger charge is -2.09. The quantitative estimate of drug-likeness (QED) is 0.622. The van der Waals surface area contributed by atoms with Crippen molar-refractivity contribution < 1.29 is 14.2 Å². The highest BCUT2D eigenvalue weighted by atomic mass is 16.5. The highest BCUT2D eigenvalue weighted by Gasteiger charge is 1.97. The predicted octanol–water partition coefficient (Wildman–Crippen LogP) is 3.13. The van der Waals surface area contributed by atoms with Gasteiger partial charge in [-0.1, -0.05) is 6.07 Å². The van der Waals surface area contributed by atoms with Crippen molar-refractivity contribution in [2.24, 2.45) is 0 Å². The van der Waals surface area contributed by atoms with Gasteiger partial charge in [0.1, 0.15) is 17.2 Å². The number of hydrogen-bond acceptors (Lipinski definition) is 4. The van der Waals surface area contributed by atoms with E-state index in [0.29, 0.717) is 13.2 Å². The van der Waals surface area contributed by atoms with Crippen LogP contribution in [0.3, 0.4) is 0 Å². The van der Waals surface area contributed by atoms with Crippen LogP contribution in [0, 0.1) is 0 Å². The maximum atomic E-state index is 5.63. The summed E-state index contributed by atoms with van der Waals surface area (Å²) < 4.78 is 16.3. The van der Waals surface area contributed by atoms with Crippen LogP contribution in [0.15, 0.2) is 48.5 Å². The van der Waals surface area contributed by atoms with E-state index in [2.05, 4.69) is 0 Å². The molecule has 2 N–H and O–H groups in total. The van der Waals surface area contributed by atoms with E-state index in [0.717, 1.165) is 29.4 Å². The molecular formula is C16H19NO3. The van der Waals surface area contributed by atoms with Crippen molar-refractivity contribution in [1.82, 2.24) is 0 Å². The highest BCUT2D eigenvalue weighted by molar-refractivity contribution is 5.41. The van der Waals surface area contributed by atoms with Crippen LogP contribution in [-0.4, -0.2) is 20.3 Å². The summed E-state index contributed by atoms with van der Waals surface area (Å²) in [5, 5.41) is 0. The van der Waals surface area contributed by atoms with Crippen LogP contribution < -0.4 is 19.9 Å². The highest BCUT2D eigenvalue weighted by Crippen LogP contribution is 2.19. The summed E-state index contributed by atoms with van der Waals surface area (Å²) in [5.74, 6) is 2.41. The molecule has 106 valence electrons. The van der Waals surface area contributed by atoms with Gasteiger partial charge >= 0.3 is 0 Å². The van der Waals surface area contributed by atoms with Gasteiger partial charge in [-0.15, -0.1) is 0 Å². The molecule has 2 aromatic rings. The molecule has 0 bridgehead atoms. The Morgan fingerprint density at radius 3 is 2.20 bits per heavy atom. The molecule has 0 amide bonds. The van der Waals surface area contributed by atoms with Crippen LogP contribution in [0.4, 0.5) is 5.69 Å². The van der Waals surface area contributed by atoms with E-state index in [-0.39, 0.29) is 0 Å². The van der Waals surface area contributed by atoms with E-state index < -0.39 is 0 Å². The van der Waals surface area contributed by atoms with Gasteiger partial charge in [0.05, 0.1) is 20.3 Å². The molecule has 0 aromatic heterocycles. The fourth-order valence-electron chi connectivity index (χ4n) is 1.69. The smallest absolute Gasteiger partial charge is 0.122 e. The van der Waals surface area contributed by atoms with Crippen molar-refractivity contribution in [2.75, 3.05) is 26.1 Å². The molecular weight excluding hydrogens is 254 g/mol. The van der Waals surface area contributed by atoms with Crippen LogP contribution in [0.1, 0.15) is 6.42 Å². The summed E-state index contributed by atoms with van der Waals surface area (Å²) in [6, 6.07) is 14.9. The van der Waals surface area contributed by atoms with Gasteiger partial charge < -0.3 is 19.9 Å². The van der Waals surface area contributed by atoms with E-state index in [9.17, 15) is 0 Å². The van der Waals surface area contributed by atoms with Gasteiger partial charge in [-0.2, -0.15) is 0 Å². The van der Waals surface area contributed by atoms with Crippen LogP contribution in [0.2, 0.25) is 0 Å². The number of anilines is 1. The van der Waals surface area contributed by atoms with Gasteiger partial charge in [-0.25, -0.2) is 0 Å². The molecule has 0 heterocycles. The molecule has 0 fully saturated rings. The van der Waals surface area contributed by atoms with Crippen LogP contribution in [-0.2, 0) is 0 Å². The number of rotatable bonds is 7. The normalized spacial score (nSPS) is 10.1. The molecule has 4 nitrogen and oxygen atoms in total. The lowest BCUT2D eigenvalue weighted by molar-refractivity contribution is 0.247. The number of methoxy groups -OCH3 is 1. The topological polar surface area (TPSA) is 53.7 Å². The van der Waals surface area contributed by atoms with Gasteiger partial charge in [-0.3, -0.25) is 0 Å². The summed E-state index contributed by atoms with van der Waals surface area (Å²) in [4.78, 5) is 0. The van der Waals surface area contributed by atoms with E-state index >= 15 is 0 Å². The van der Waals surface area contributed by atoms with Crippen molar-refractivity contribution >= 4 is 5.69 Å². The minimum absolute atomic E-state index is 0.599. The fourth-order valence-corrected chi connectivity index (χ4v) is 1.69. The summed E-state index contributed by atoms with van der Waals surface area (Å²) >= 11 is 0. The number of hydrogen-bond donors (Lipinski definition) is 1. The Morgan fingerprint density at radius 1 is 0.850 bits per heavy atom. The molecule has 0 aliphatic rings. The molecule has 0 radical (unpaired) electrons. The number of nitrogens with two attached hydrogens (primary N) is 1. The van der Waals surface area contributed by atoms with Crippen molar-refractivity contribution in [2.45, 2.75) is 6.42 Å². The van der Waals surface area contributed by atoms with E-state index in [1.807, 2.05) is 48.5 Å². The maximum absolute atomic E-state index is 5.63. The third kappa shape index (κ3) is 4.39. The molecule has 2 aromatic carbocycles. The third-order valence-corrected chi connectivity index (χ3v) is 2.75. The Morgan fingerprint density at radius 2 is 1.50 bits per heavy atom. The number of ether oxygens (including phenoxy) is 3. The fraction of sp³-hybridized carbons (Fsp3) is 0.250. The minimum atomic E-state index is 0.599. The zero-order valence-electron chi connectivity index (χ0n) is 11.5. The first-order valence-electron chi connectivity index (χ1n) is 6.53. The van der Waals surface area contributed by atoms with Crippen molar-refractivity contribution in [3.63, 3.8) is 0 Å². The summed E-state index contributed by atoms with van der Waals surface area (Å²) in [6.07, 6.45) is 0.807. The van der Waals surface area contributed by atoms with Crippen LogP contribution in [0.5, 0.6) is 17.2 Å².